The van der Waals surface area contributed by atoms with Gasteiger partial charge in [0.15, 0.2) is 6.10 Å². The molecule has 1 heterocycles. The Bertz CT molecular complexity index is 353. The van der Waals surface area contributed by atoms with Crippen LogP contribution in [0.3, 0.4) is 0 Å². The summed E-state index contributed by atoms with van der Waals surface area (Å²) in [4.78, 5) is 10.8. The van der Waals surface area contributed by atoms with E-state index >= 15 is 0 Å². The van der Waals surface area contributed by atoms with Crippen LogP contribution in [0, 0.1) is 11.3 Å². The van der Waals surface area contributed by atoms with E-state index in [1.807, 2.05) is 0 Å². The molecular weight excluding hydrogens is 260 g/mol. The van der Waals surface area contributed by atoms with Gasteiger partial charge in [0.25, 0.3) is 0 Å². The van der Waals surface area contributed by atoms with Crippen molar-refractivity contribution in [1.29, 1.82) is 5.26 Å². The highest BCUT2D eigenvalue weighted by Gasteiger charge is 2.80. The average molecular weight is 263 g/mol. The van der Waals surface area contributed by atoms with Gasteiger partial charge in [-0.1, -0.05) is 0 Å². The molecule has 1 aliphatic rings. The summed E-state index contributed by atoms with van der Waals surface area (Å²) in [5, 5.41) is 8.12. The van der Waals surface area contributed by atoms with E-state index < -0.39 is 36.6 Å². The Morgan fingerprint density at radius 3 is 2.00 bits per heavy atom. The van der Waals surface area contributed by atoms with Crippen molar-refractivity contribution in [3.05, 3.63) is 0 Å². The minimum atomic E-state index is -5.98. The first-order valence-corrected chi connectivity index (χ1v) is 3.96. The number of alkyl halides is 6. The number of halogens is 6. The van der Waals surface area contributed by atoms with Crippen molar-refractivity contribution < 1.29 is 40.6 Å². The van der Waals surface area contributed by atoms with Crippen molar-refractivity contribution >= 4 is 5.97 Å². The third-order valence-corrected chi connectivity index (χ3v) is 1.84. The van der Waals surface area contributed by atoms with E-state index in [0.29, 0.717) is 0 Å². The average Bonchev–Trinajstić information content (AvgIpc) is 2.43. The molecule has 1 atom stereocenters. The van der Waals surface area contributed by atoms with Crippen LogP contribution < -0.4 is 0 Å². The molecule has 10 heteroatoms. The lowest BCUT2D eigenvalue weighted by Crippen LogP contribution is -2.58. The van der Waals surface area contributed by atoms with Gasteiger partial charge in [-0.2, -0.15) is 31.6 Å². The molecule has 1 saturated heterocycles. The fourth-order valence-corrected chi connectivity index (χ4v) is 1.10. The molecule has 1 fully saturated rings. The molecular formula is C7H3F6NO3. The molecule has 0 saturated carbocycles. The van der Waals surface area contributed by atoms with Crippen molar-refractivity contribution in [2.45, 2.75) is 30.7 Å². The number of rotatable bonds is 1. The quantitative estimate of drug-likeness (QED) is 0.533. The Morgan fingerprint density at radius 1 is 1.24 bits per heavy atom. The number of hydrogen-bond acceptors (Lipinski definition) is 4. The number of hydrogen-bond donors (Lipinski definition) is 0. The highest BCUT2D eigenvalue weighted by molar-refractivity contribution is 5.77. The van der Waals surface area contributed by atoms with Crippen molar-refractivity contribution in [2.24, 2.45) is 0 Å². The molecule has 1 aliphatic heterocycles. The monoisotopic (exact) mass is 263 g/mol. The molecule has 0 aromatic carbocycles. The van der Waals surface area contributed by atoms with Gasteiger partial charge in [-0.3, -0.25) is 0 Å². The maximum Gasteiger partial charge on any atom is 0.465 e. The topological polar surface area (TPSA) is 59.3 Å². The maximum atomic E-state index is 12.3. The second-order valence-electron chi connectivity index (χ2n) is 3.00. The molecule has 0 aromatic rings. The minimum Gasteiger partial charge on any atom is -0.414 e. The zero-order valence-electron chi connectivity index (χ0n) is 7.72. The van der Waals surface area contributed by atoms with Crippen LogP contribution in [0.2, 0.25) is 0 Å². The van der Waals surface area contributed by atoms with Crippen LogP contribution in [0.4, 0.5) is 26.3 Å². The summed E-state index contributed by atoms with van der Waals surface area (Å²) in [6.45, 7) is 0. The zero-order valence-corrected chi connectivity index (χ0v) is 7.72. The Kier molecular flexibility index (Phi) is 3.00. The normalized spacial score (nSPS) is 24.3. The zero-order chi connectivity index (χ0) is 13.5. The fraction of sp³-hybridized carbons (Fsp3) is 0.714. The number of carbonyl (C=O) groups excluding carboxylic acids is 1. The van der Waals surface area contributed by atoms with Crippen LogP contribution in [0.1, 0.15) is 6.42 Å². The number of esters is 1. The first-order chi connectivity index (χ1) is 7.55. The van der Waals surface area contributed by atoms with E-state index in [9.17, 15) is 31.1 Å². The van der Waals surface area contributed by atoms with Crippen molar-refractivity contribution in [3.63, 3.8) is 0 Å². The van der Waals surface area contributed by atoms with E-state index in [1.165, 1.54) is 6.07 Å². The van der Waals surface area contributed by atoms with Gasteiger partial charge >= 0.3 is 24.1 Å². The van der Waals surface area contributed by atoms with Crippen molar-refractivity contribution in [1.82, 2.24) is 0 Å². The Morgan fingerprint density at radius 2 is 1.71 bits per heavy atom. The molecule has 0 radical (unpaired) electrons. The molecule has 1 rings (SSSR count). The fourth-order valence-electron chi connectivity index (χ4n) is 1.10. The lowest BCUT2D eigenvalue weighted by molar-refractivity contribution is -0.439. The summed E-state index contributed by atoms with van der Waals surface area (Å²) >= 11 is 0. The van der Waals surface area contributed by atoms with Crippen molar-refractivity contribution in [2.75, 3.05) is 0 Å². The highest BCUT2D eigenvalue weighted by atomic mass is 19.4. The van der Waals surface area contributed by atoms with Gasteiger partial charge in [0, 0.05) is 0 Å². The lowest BCUT2D eigenvalue weighted by Gasteiger charge is -2.30. The summed E-state index contributed by atoms with van der Waals surface area (Å²) in [5.41, 5.74) is 0. The molecule has 0 N–H and O–H groups in total. The Hall–Kier alpha value is -1.50. The van der Waals surface area contributed by atoms with Crippen LogP contribution in [-0.4, -0.2) is 30.2 Å². The largest absolute Gasteiger partial charge is 0.465 e. The number of ether oxygens (including phenoxy) is 2. The van der Waals surface area contributed by atoms with Crippen LogP contribution >= 0.6 is 0 Å². The van der Waals surface area contributed by atoms with Gasteiger partial charge < -0.3 is 9.47 Å². The number of cyclic esters (lactones) is 1. The SMILES string of the molecule is N#CCC1OC(C(F)(F)F)(C(F)(F)F)OC1=O. The third-order valence-electron chi connectivity index (χ3n) is 1.84. The van der Waals surface area contributed by atoms with Crippen LogP contribution in [0.15, 0.2) is 0 Å². The van der Waals surface area contributed by atoms with E-state index in [2.05, 4.69) is 9.47 Å². The van der Waals surface area contributed by atoms with E-state index in [-0.39, 0.29) is 0 Å². The summed E-state index contributed by atoms with van der Waals surface area (Å²) in [5.74, 6) is -6.86. The molecule has 0 spiro atoms. The summed E-state index contributed by atoms with van der Waals surface area (Å²) in [6, 6.07) is 1.22. The first kappa shape index (κ1) is 13.6. The second kappa shape index (κ2) is 3.76. The molecule has 0 amide bonds. The van der Waals surface area contributed by atoms with Crippen LogP contribution in [0.5, 0.6) is 0 Å². The van der Waals surface area contributed by atoms with Gasteiger partial charge in [-0.05, 0) is 0 Å². The smallest absolute Gasteiger partial charge is 0.414 e. The number of nitriles is 1. The van der Waals surface area contributed by atoms with E-state index in [1.54, 1.807) is 0 Å². The minimum absolute atomic E-state index is 0.966. The summed E-state index contributed by atoms with van der Waals surface area (Å²) in [7, 11) is 0. The first-order valence-electron chi connectivity index (χ1n) is 3.96. The van der Waals surface area contributed by atoms with Gasteiger partial charge in [-0.25, -0.2) is 4.79 Å². The van der Waals surface area contributed by atoms with Crippen molar-refractivity contribution in [3.8, 4) is 6.07 Å². The van der Waals surface area contributed by atoms with E-state index in [0.717, 1.165) is 0 Å². The van der Waals surface area contributed by atoms with Gasteiger partial charge in [0.2, 0.25) is 0 Å². The molecule has 17 heavy (non-hydrogen) atoms. The standard InChI is InChI=1S/C7H3F6NO3/c8-6(9,10)5(7(11,12)13)16-3(1-2-14)4(15)17-5/h3H,1H2. The molecule has 96 valence electrons. The van der Waals surface area contributed by atoms with Gasteiger partial charge in [0.1, 0.15) is 0 Å². The van der Waals surface area contributed by atoms with Crippen LogP contribution in [-0.2, 0) is 14.3 Å². The third kappa shape index (κ3) is 2.02. The summed E-state index contributed by atoms with van der Waals surface area (Å²) < 4.78 is 80.6. The van der Waals surface area contributed by atoms with Crippen LogP contribution in [0.25, 0.3) is 0 Å². The summed E-state index contributed by atoms with van der Waals surface area (Å²) in [6.07, 6.45) is -15.1. The molecule has 0 aromatic heterocycles. The molecule has 0 bridgehead atoms. The maximum absolute atomic E-state index is 12.3. The molecule has 1 unspecified atom stereocenters. The van der Waals surface area contributed by atoms with E-state index in [4.69, 9.17) is 5.26 Å². The molecule has 4 nitrogen and oxygen atoms in total. The lowest BCUT2D eigenvalue weighted by atomic mass is 10.2. The highest BCUT2D eigenvalue weighted by Crippen LogP contribution is 2.50. The number of carbonyl (C=O) groups is 1. The van der Waals surface area contributed by atoms with Gasteiger partial charge in [0.05, 0.1) is 12.5 Å². The predicted octanol–water partition coefficient (Wildman–Crippen LogP) is 1.66. The second-order valence-corrected chi connectivity index (χ2v) is 3.00. The number of nitrogens with zero attached hydrogens (tertiary/aromatic N) is 1. The Balaban J connectivity index is 3.15. The predicted molar refractivity (Wildman–Crippen MR) is 36.0 cm³/mol. The Labute approximate surface area is 89.7 Å². The van der Waals surface area contributed by atoms with Gasteiger partial charge in [-0.15, -0.1) is 0 Å². The molecule has 0 aliphatic carbocycles.